The molecule has 114 valence electrons. The number of rotatable bonds is 3. The molecule has 0 aliphatic carbocycles. The molecule has 1 aromatic carbocycles. The normalized spacial score (nSPS) is 11.1. The van der Waals surface area contributed by atoms with E-state index in [-0.39, 0.29) is 5.97 Å². The third-order valence-electron chi connectivity index (χ3n) is 3.46. The molecular weight excluding hydrogens is 318 g/mol. The average Bonchev–Trinajstić information content (AvgIpc) is 3.08. The zero-order valence-corrected chi connectivity index (χ0v) is 14.3. The molecule has 2 heterocycles. The average molecular weight is 333 g/mol. The number of thioether (sulfide) groups is 1. The first-order valence-electron chi connectivity index (χ1n) is 6.65. The Labute approximate surface area is 136 Å². The van der Waals surface area contributed by atoms with E-state index in [9.17, 15) is 4.79 Å². The van der Waals surface area contributed by atoms with Crippen LogP contribution in [-0.2, 0) is 4.74 Å². The highest BCUT2D eigenvalue weighted by Gasteiger charge is 2.23. The van der Waals surface area contributed by atoms with Crippen molar-refractivity contribution < 1.29 is 9.53 Å². The molecule has 0 bridgehead atoms. The van der Waals surface area contributed by atoms with Gasteiger partial charge in [0.2, 0.25) is 5.13 Å². The third kappa shape index (κ3) is 2.30. The summed E-state index contributed by atoms with van der Waals surface area (Å²) in [5.74, 6) is -0.370. The number of para-hydroxylation sites is 1. The van der Waals surface area contributed by atoms with Gasteiger partial charge in [0, 0.05) is 0 Å². The minimum atomic E-state index is -0.370. The van der Waals surface area contributed by atoms with Crippen molar-refractivity contribution in [1.82, 2.24) is 14.8 Å². The molecule has 7 heteroatoms. The molecule has 5 nitrogen and oxygen atoms in total. The number of nitrogens with zero attached hydrogens (tertiary/aromatic N) is 3. The SMILES string of the molecule is COC(=O)c1c(SC)nn(-c2nc3c(C)cccc3s2)c1C. The predicted molar refractivity (Wildman–Crippen MR) is 89.3 cm³/mol. The number of thiazole rings is 1. The van der Waals surface area contributed by atoms with Gasteiger partial charge in [0.25, 0.3) is 0 Å². The van der Waals surface area contributed by atoms with E-state index in [1.54, 1.807) is 16.0 Å². The van der Waals surface area contributed by atoms with Gasteiger partial charge in [-0.2, -0.15) is 5.10 Å². The summed E-state index contributed by atoms with van der Waals surface area (Å²) in [6.45, 7) is 3.90. The van der Waals surface area contributed by atoms with E-state index in [4.69, 9.17) is 4.74 Å². The lowest BCUT2D eigenvalue weighted by atomic mass is 10.2. The first kappa shape index (κ1) is 15.1. The lowest BCUT2D eigenvalue weighted by Gasteiger charge is -2.00. The fourth-order valence-electron chi connectivity index (χ4n) is 2.31. The van der Waals surface area contributed by atoms with Crippen LogP contribution in [0.5, 0.6) is 0 Å². The summed E-state index contributed by atoms with van der Waals surface area (Å²) in [6.07, 6.45) is 1.89. The van der Waals surface area contributed by atoms with E-state index in [0.29, 0.717) is 10.6 Å². The number of carbonyl (C=O) groups is 1. The standard InChI is InChI=1S/C15H15N3O2S2/c1-8-6-5-7-10-12(8)16-15(22-10)18-9(2)11(14(19)20-3)13(17-18)21-4/h5-7H,1-4H3. The number of fused-ring (bicyclic) bond motifs is 1. The summed E-state index contributed by atoms with van der Waals surface area (Å²) in [7, 11) is 1.38. The van der Waals surface area contributed by atoms with E-state index < -0.39 is 0 Å². The van der Waals surface area contributed by atoms with Crippen molar-refractivity contribution in [2.75, 3.05) is 13.4 Å². The number of hydrogen-bond donors (Lipinski definition) is 0. The van der Waals surface area contributed by atoms with Gasteiger partial charge in [0.05, 0.1) is 23.0 Å². The van der Waals surface area contributed by atoms with Crippen molar-refractivity contribution in [3.05, 3.63) is 35.0 Å². The van der Waals surface area contributed by atoms with Crippen molar-refractivity contribution in [2.45, 2.75) is 18.9 Å². The molecule has 0 aliphatic rings. The molecular formula is C15H15N3O2S2. The number of carbonyl (C=O) groups excluding carboxylic acids is 1. The second-order valence-electron chi connectivity index (χ2n) is 4.79. The largest absolute Gasteiger partial charge is 0.465 e. The van der Waals surface area contributed by atoms with Gasteiger partial charge in [0.1, 0.15) is 10.6 Å². The van der Waals surface area contributed by atoms with Crippen LogP contribution in [0.2, 0.25) is 0 Å². The Bertz CT molecular complexity index is 867. The highest BCUT2D eigenvalue weighted by Crippen LogP contribution is 2.30. The number of methoxy groups -OCH3 is 1. The van der Waals surface area contributed by atoms with E-state index >= 15 is 0 Å². The van der Waals surface area contributed by atoms with Gasteiger partial charge in [-0.15, -0.1) is 11.8 Å². The Balaban J connectivity index is 2.20. The molecule has 3 rings (SSSR count). The fraction of sp³-hybridized carbons (Fsp3) is 0.267. The van der Waals surface area contributed by atoms with Crippen LogP contribution in [-0.4, -0.2) is 34.1 Å². The molecule has 0 saturated heterocycles. The second-order valence-corrected chi connectivity index (χ2v) is 6.60. The number of benzene rings is 1. The molecule has 2 aromatic heterocycles. The maximum atomic E-state index is 12.0. The maximum absolute atomic E-state index is 12.0. The summed E-state index contributed by atoms with van der Waals surface area (Å²) in [5.41, 5.74) is 3.35. The Kier molecular flexibility index (Phi) is 3.92. The topological polar surface area (TPSA) is 57.0 Å². The van der Waals surface area contributed by atoms with Crippen LogP contribution >= 0.6 is 23.1 Å². The lowest BCUT2D eigenvalue weighted by Crippen LogP contribution is -2.05. The van der Waals surface area contributed by atoms with Gasteiger partial charge in [-0.1, -0.05) is 23.5 Å². The molecule has 0 amide bonds. The number of esters is 1. The van der Waals surface area contributed by atoms with E-state index in [2.05, 4.69) is 10.1 Å². The summed E-state index contributed by atoms with van der Waals surface area (Å²) in [6, 6.07) is 6.09. The zero-order chi connectivity index (χ0) is 15.9. The molecule has 0 atom stereocenters. The molecule has 0 unspecified atom stereocenters. The highest BCUT2D eigenvalue weighted by molar-refractivity contribution is 7.98. The number of ether oxygens (including phenoxy) is 1. The van der Waals surface area contributed by atoms with Crippen molar-refractivity contribution in [3.8, 4) is 5.13 Å². The molecule has 0 radical (unpaired) electrons. The number of aromatic nitrogens is 3. The molecule has 0 aliphatic heterocycles. The van der Waals surface area contributed by atoms with Crippen LogP contribution in [0.3, 0.4) is 0 Å². The van der Waals surface area contributed by atoms with Gasteiger partial charge in [-0.25, -0.2) is 14.5 Å². The van der Waals surface area contributed by atoms with E-state index in [1.165, 1.54) is 18.9 Å². The molecule has 0 N–H and O–H groups in total. The Morgan fingerprint density at radius 1 is 1.36 bits per heavy atom. The molecule has 0 fully saturated rings. The third-order valence-corrected chi connectivity index (χ3v) is 5.13. The van der Waals surface area contributed by atoms with Gasteiger partial charge in [0.15, 0.2) is 0 Å². The van der Waals surface area contributed by atoms with Crippen LogP contribution in [0.1, 0.15) is 21.6 Å². The molecule has 0 spiro atoms. The van der Waals surface area contributed by atoms with Crippen molar-refractivity contribution >= 4 is 39.3 Å². The van der Waals surface area contributed by atoms with Crippen LogP contribution < -0.4 is 0 Å². The minimum absolute atomic E-state index is 0.370. The predicted octanol–water partition coefficient (Wildman–Crippen LogP) is 3.61. The smallest absolute Gasteiger partial charge is 0.342 e. The number of hydrogen-bond acceptors (Lipinski definition) is 6. The van der Waals surface area contributed by atoms with E-state index in [1.807, 2.05) is 38.3 Å². The van der Waals surface area contributed by atoms with Crippen molar-refractivity contribution in [1.29, 1.82) is 0 Å². The Hall–Kier alpha value is -1.86. The first-order chi connectivity index (χ1) is 10.6. The van der Waals surface area contributed by atoms with Gasteiger partial charge >= 0.3 is 5.97 Å². The fourth-order valence-corrected chi connectivity index (χ4v) is 3.95. The Morgan fingerprint density at radius 2 is 2.14 bits per heavy atom. The van der Waals surface area contributed by atoms with E-state index in [0.717, 1.165) is 26.6 Å². The monoisotopic (exact) mass is 333 g/mol. The van der Waals surface area contributed by atoms with Crippen LogP contribution in [0, 0.1) is 13.8 Å². The van der Waals surface area contributed by atoms with Crippen LogP contribution in [0.15, 0.2) is 23.2 Å². The molecule has 22 heavy (non-hydrogen) atoms. The van der Waals surface area contributed by atoms with Crippen molar-refractivity contribution in [3.63, 3.8) is 0 Å². The van der Waals surface area contributed by atoms with Crippen LogP contribution in [0.4, 0.5) is 0 Å². The van der Waals surface area contributed by atoms with Crippen LogP contribution in [0.25, 0.3) is 15.3 Å². The summed E-state index contributed by atoms with van der Waals surface area (Å²) in [5, 5.41) is 5.93. The van der Waals surface area contributed by atoms with Gasteiger partial charge in [-0.3, -0.25) is 0 Å². The minimum Gasteiger partial charge on any atom is -0.465 e. The Morgan fingerprint density at radius 3 is 2.77 bits per heavy atom. The van der Waals surface area contributed by atoms with Crippen molar-refractivity contribution in [2.24, 2.45) is 0 Å². The summed E-state index contributed by atoms with van der Waals surface area (Å²) in [4.78, 5) is 16.7. The van der Waals surface area contributed by atoms with Gasteiger partial charge in [-0.05, 0) is 31.7 Å². The molecule has 3 aromatic rings. The lowest BCUT2D eigenvalue weighted by molar-refractivity contribution is 0.0596. The highest BCUT2D eigenvalue weighted by atomic mass is 32.2. The molecule has 0 saturated carbocycles. The first-order valence-corrected chi connectivity index (χ1v) is 8.69. The van der Waals surface area contributed by atoms with Gasteiger partial charge < -0.3 is 4.74 Å². The summed E-state index contributed by atoms with van der Waals surface area (Å²) >= 11 is 2.98. The zero-order valence-electron chi connectivity index (χ0n) is 12.7. The summed E-state index contributed by atoms with van der Waals surface area (Å²) < 4.78 is 7.70. The second kappa shape index (κ2) is 5.73. The number of aryl methyl sites for hydroxylation is 1. The quantitative estimate of drug-likeness (QED) is 0.541. The maximum Gasteiger partial charge on any atom is 0.342 e.